The van der Waals surface area contributed by atoms with E-state index in [1.54, 1.807) is 6.07 Å². The third-order valence-corrected chi connectivity index (χ3v) is 5.52. The Kier molecular flexibility index (Phi) is 10.1. The maximum absolute atomic E-state index is 12.0. The SMILES string of the molecule is Cl.Cl.O=C(Cc1csc(NC(=O)c2cccs2)n1)NCC1CCCNC1. The van der Waals surface area contributed by atoms with Gasteiger partial charge in [0.1, 0.15) is 0 Å². The number of aromatic nitrogens is 1. The zero-order valence-electron chi connectivity index (χ0n) is 14.0. The van der Waals surface area contributed by atoms with Crippen molar-refractivity contribution in [3.8, 4) is 0 Å². The van der Waals surface area contributed by atoms with Crippen LogP contribution in [-0.4, -0.2) is 36.4 Å². The third-order valence-electron chi connectivity index (χ3n) is 3.85. The van der Waals surface area contributed by atoms with E-state index in [9.17, 15) is 9.59 Å². The molecule has 1 aliphatic heterocycles. The van der Waals surface area contributed by atoms with E-state index in [1.165, 1.54) is 29.1 Å². The minimum absolute atomic E-state index is 0. The van der Waals surface area contributed by atoms with Gasteiger partial charge in [0.2, 0.25) is 5.91 Å². The molecule has 3 heterocycles. The second-order valence-electron chi connectivity index (χ2n) is 5.77. The van der Waals surface area contributed by atoms with Crippen molar-refractivity contribution >= 4 is 64.4 Å². The van der Waals surface area contributed by atoms with Gasteiger partial charge in [-0.3, -0.25) is 14.9 Å². The number of hydrogen-bond acceptors (Lipinski definition) is 6. The first-order valence-corrected chi connectivity index (χ1v) is 9.73. The van der Waals surface area contributed by atoms with Crippen molar-refractivity contribution in [1.82, 2.24) is 15.6 Å². The molecule has 2 aromatic heterocycles. The molecule has 2 aromatic rings. The second-order valence-corrected chi connectivity index (χ2v) is 7.57. The largest absolute Gasteiger partial charge is 0.355 e. The average molecular weight is 437 g/mol. The molecule has 10 heteroatoms. The predicted octanol–water partition coefficient (Wildman–Crippen LogP) is 2.96. The molecule has 1 atom stereocenters. The van der Waals surface area contributed by atoms with Crippen LogP contribution in [0.3, 0.4) is 0 Å². The van der Waals surface area contributed by atoms with Crippen molar-refractivity contribution in [1.29, 1.82) is 0 Å². The number of nitrogens with one attached hydrogen (secondary N) is 3. The summed E-state index contributed by atoms with van der Waals surface area (Å²) in [5.74, 6) is 0.320. The maximum atomic E-state index is 12.0. The highest BCUT2D eigenvalue weighted by molar-refractivity contribution is 7.14. The Morgan fingerprint density at radius 3 is 2.85 bits per heavy atom. The van der Waals surface area contributed by atoms with E-state index >= 15 is 0 Å². The van der Waals surface area contributed by atoms with E-state index in [1.807, 2.05) is 16.8 Å². The normalized spacial score (nSPS) is 16.1. The third kappa shape index (κ3) is 6.85. The van der Waals surface area contributed by atoms with Crippen LogP contribution >= 0.6 is 47.5 Å². The number of anilines is 1. The molecule has 1 unspecified atom stereocenters. The minimum atomic E-state index is -0.167. The van der Waals surface area contributed by atoms with Gasteiger partial charge in [0, 0.05) is 11.9 Å². The molecule has 26 heavy (non-hydrogen) atoms. The van der Waals surface area contributed by atoms with E-state index in [0.717, 1.165) is 19.5 Å². The summed E-state index contributed by atoms with van der Waals surface area (Å²) in [7, 11) is 0. The molecule has 3 rings (SSSR count). The summed E-state index contributed by atoms with van der Waals surface area (Å²) in [6.07, 6.45) is 2.56. The molecular formula is C16H22Cl2N4O2S2. The van der Waals surface area contributed by atoms with E-state index < -0.39 is 0 Å². The molecule has 1 aliphatic rings. The average Bonchev–Trinajstić information content (AvgIpc) is 3.26. The summed E-state index contributed by atoms with van der Waals surface area (Å²) in [6.45, 7) is 2.75. The lowest BCUT2D eigenvalue weighted by molar-refractivity contribution is -0.120. The van der Waals surface area contributed by atoms with Crippen LogP contribution in [-0.2, 0) is 11.2 Å². The number of amides is 2. The lowest BCUT2D eigenvalue weighted by Gasteiger charge is -2.22. The van der Waals surface area contributed by atoms with Gasteiger partial charge >= 0.3 is 0 Å². The molecule has 144 valence electrons. The summed E-state index contributed by atoms with van der Waals surface area (Å²) in [4.78, 5) is 28.9. The second kappa shape index (κ2) is 11.5. The maximum Gasteiger partial charge on any atom is 0.267 e. The molecule has 1 saturated heterocycles. The van der Waals surface area contributed by atoms with Gasteiger partial charge in [-0.05, 0) is 43.3 Å². The van der Waals surface area contributed by atoms with Crippen LogP contribution in [0.15, 0.2) is 22.9 Å². The lowest BCUT2D eigenvalue weighted by Crippen LogP contribution is -2.38. The monoisotopic (exact) mass is 436 g/mol. The molecule has 3 N–H and O–H groups in total. The Hall–Kier alpha value is -1.19. The number of hydrogen-bond donors (Lipinski definition) is 3. The molecule has 6 nitrogen and oxygen atoms in total. The summed E-state index contributed by atoms with van der Waals surface area (Å²) >= 11 is 2.72. The van der Waals surface area contributed by atoms with Crippen molar-refractivity contribution in [3.05, 3.63) is 33.5 Å². The van der Waals surface area contributed by atoms with Crippen molar-refractivity contribution < 1.29 is 9.59 Å². The first-order valence-electron chi connectivity index (χ1n) is 7.97. The van der Waals surface area contributed by atoms with Crippen LogP contribution in [0, 0.1) is 5.92 Å². The molecule has 2 amide bonds. The summed E-state index contributed by atoms with van der Waals surface area (Å²) in [5, 5.41) is 13.3. The topological polar surface area (TPSA) is 83.1 Å². The Morgan fingerprint density at radius 1 is 1.31 bits per heavy atom. The molecular weight excluding hydrogens is 415 g/mol. The van der Waals surface area contributed by atoms with Crippen molar-refractivity contribution in [2.75, 3.05) is 25.0 Å². The van der Waals surface area contributed by atoms with Gasteiger partial charge in [0.15, 0.2) is 5.13 Å². The van der Waals surface area contributed by atoms with Crippen LogP contribution in [0.4, 0.5) is 5.13 Å². The van der Waals surface area contributed by atoms with E-state index in [4.69, 9.17) is 0 Å². The smallest absolute Gasteiger partial charge is 0.267 e. The Balaban J connectivity index is 0.00000169. The van der Waals surface area contributed by atoms with Crippen molar-refractivity contribution in [2.45, 2.75) is 19.3 Å². The van der Waals surface area contributed by atoms with Gasteiger partial charge in [-0.1, -0.05) is 6.07 Å². The van der Waals surface area contributed by atoms with Crippen LogP contribution in [0.2, 0.25) is 0 Å². The van der Waals surface area contributed by atoms with Gasteiger partial charge < -0.3 is 10.6 Å². The Morgan fingerprint density at radius 2 is 2.15 bits per heavy atom. The first kappa shape index (κ1) is 22.9. The highest BCUT2D eigenvalue weighted by atomic mass is 35.5. The molecule has 0 radical (unpaired) electrons. The summed E-state index contributed by atoms with van der Waals surface area (Å²) < 4.78 is 0. The number of carbonyl (C=O) groups is 2. The van der Waals surface area contributed by atoms with Crippen LogP contribution in [0.5, 0.6) is 0 Å². The van der Waals surface area contributed by atoms with E-state index in [-0.39, 0.29) is 43.0 Å². The van der Waals surface area contributed by atoms with Gasteiger partial charge in [-0.15, -0.1) is 47.5 Å². The molecule has 0 spiro atoms. The fourth-order valence-corrected chi connectivity index (χ4v) is 3.92. The van der Waals surface area contributed by atoms with Crippen LogP contribution in [0.1, 0.15) is 28.2 Å². The van der Waals surface area contributed by atoms with Crippen LogP contribution < -0.4 is 16.0 Å². The van der Waals surface area contributed by atoms with Crippen molar-refractivity contribution in [3.63, 3.8) is 0 Å². The fourth-order valence-electron chi connectivity index (χ4n) is 2.60. The molecule has 0 aliphatic carbocycles. The van der Waals surface area contributed by atoms with Gasteiger partial charge in [-0.25, -0.2) is 4.98 Å². The number of carbonyl (C=O) groups excluding carboxylic acids is 2. The number of halogens is 2. The minimum Gasteiger partial charge on any atom is -0.355 e. The van der Waals surface area contributed by atoms with Crippen molar-refractivity contribution in [2.24, 2.45) is 5.92 Å². The summed E-state index contributed by atoms with van der Waals surface area (Å²) in [5.41, 5.74) is 0.681. The number of nitrogens with zero attached hydrogens (tertiary/aromatic N) is 1. The molecule has 0 aromatic carbocycles. The van der Waals surface area contributed by atoms with E-state index in [2.05, 4.69) is 20.9 Å². The lowest BCUT2D eigenvalue weighted by atomic mass is 10.00. The Bertz CT molecular complexity index is 688. The molecule has 0 saturated carbocycles. The standard InChI is InChI=1S/C16H20N4O2S2.2ClH/c21-14(18-9-11-3-1-5-17-8-11)7-12-10-24-16(19-12)20-15(22)13-4-2-6-23-13;;/h2,4,6,10-11,17H,1,3,5,7-9H2,(H,18,21)(H,19,20,22);2*1H. The zero-order valence-corrected chi connectivity index (χ0v) is 17.3. The Labute approximate surface area is 173 Å². The quantitative estimate of drug-likeness (QED) is 0.649. The highest BCUT2D eigenvalue weighted by Gasteiger charge is 2.15. The van der Waals surface area contributed by atoms with Gasteiger partial charge in [0.05, 0.1) is 17.0 Å². The first-order chi connectivity index (χ1) is 11.7. The zero-order chi connectivity index (χ0) is 16.8. The predicted molar refractivity (Wildman–Crippen MR) is 111 cm³/mol. The van der Waals surface area contributed by atoms with Gasteiger partial charge in [0.25, 0.3) is 5.91 Å². The van der Waals surface area contributed by atoms with Gasteiger partial charge in [-0.2, -0.15) is 0 Å². The van der Waals surface area contributed by atoms with E-state index in [0.29, 0.717) is 28.2 Å². The fraction of sp³-hybridized carbons (Fsp3) is 0.438. The summed E-state index contributed by atoms with van der Waals surface area (Å²) in [6, 6.07) is 3.60. The highest BCUT2D eigenvalue weighted by Crippen LogP contribution is 2.18. The number of piperidine rings is 1. The number of thiophene rings is 1. The number of rotatable bonds is 6. The molecule has 1 fully saturated rings. The molecule has 0 bridgehead atoms. The van der Waals surface area contributed by atoms with Crippen LogP contribution in [0.25, 0.3) is 0 Å². The number of thiazole rings is 1.